The zero-order valence-electron chi connectivity index (χ0n) is 14.8. The Morgan fingerprint density at radius 3 is 2.46 bits per heavy atom. The predicted molar refractivity (Wildman–Crippen MR) is 98.6 cm³/mol. The molecular formula is C19H22N2O4S. The Morgan fingerprint density at radius 2 is 1.88 bits per heavy atom. The van der Waals surface area contributed by atoms with Crippen LogP contribution in [0.4, 0.5) is 0 Å². The Labute approximate surface area is 153 Å². The number of hydrogen-bond acceptors (Lipinski definition) is 4. The molecule has 0 bridgehead atoms. The average Bonchev–Trinajstić information content (AvgIpc) is 3.51. The highest BCUT2D eigenvalue weighted by Crippen LogP contribution is 2.30. The van der Waals surface area contributed by atoms with Crippen molar-refractivity contribution < 1.29 is 17.9 Å². The van der Waals surface area contributed by atoms with E-state index in [1.807, 2.05) is 29.2 Å². The summed E-state index contributed by atoms with van der Waals surface area (Å²) < 4.78 is 31.4. The fraction of sp³-hybridized carbons (Fsp3) is 0.316. The maximum Gasteiger partial charge on any atom is 0.254 e. The van der Waals surface area contributed by atoms with Crippen molar-refractivity contribution in [1.82, 2.24) is 9.62 Å². The molecule has 138 valence electrons. The van der Waals surface area contributed by atoms with E-state index >= 15 is 0 Å². The Morgan fingerprint density at radius 1 is 1.19 bits per heavy atom. The number of benzene rings is 2. The van der Waals surface area contributed by atoms with Gasteiger partial charge in [-0.1, -0.05) is 18.2 Å². The molecule has 0 unspecified atom stereocenters. The van der Waals surface area contributed by atoms with E-state index in [1.165, 1.54) is 19.2 Å². The van der Waals surface area contributed by atoms with Crippen molar-refractivity contribution in [3.05, 3.63) is 59.7 Å². The summed E-state index contributed by atoms with van der Waals surface area (Å²) in [5, 5.41) is 0. The van der Waals surface area contributed by atoms with Crippen LogP contribution >= 0.6 is 0 Å². The van der Waals surface area contributed by atoms with Gasteiger partial charge in [0.15, 0.2) is 0 Å². The van der Waals surface area contributed by atoms with E-state index in [2.05, 4.69) is 4.72 Å². The average molecular weight is 374 g/mol. The minimum absolute atomic E-state index is 0.0889. The molecule has 0 saturated heterocycles. The number of rotatable bonds is 7. The lowest BCUT2D eigenvalue weighted by Crippen LogP contribution is -2.32. The first-order valence-corrected chi connectivity index (χ1v) is 9.90. The number of sulfonamides is 1. The lowest BCUT2D eigenvalue weighted by Gasteiger charge is -2.23. The lowest BCUT2D eigenvalue weighted by atomic mass is 10.1. The van der Waals surface area contributed by atoms with Crippen LogP contribution in [-0.4, -0.2) is 39.4 Å². The van der Waals surface area contributed by atoms with Gasteiger partial charge in [-0.2, -0.15) is 0 Å². The maximum absolute atomic E-state index is 13.0. The van der Waals surface area contributed by atoms with Crippen LogP contribution in [0.15, 0.2) is 53.4 Å². The molecule has 2 aromatic rings. The van der Waals surface area contributed by atoms with Gasteiger partial charge in [0.05, 0.1) is 12.0 Å². The number of amides is 1. The van der Waals surface area contributed by atoms with E-state index in [9.17, 15) is 13.2 Å². The summed E-state index contributed by atoms with van der Waals surface area (Å²) >= 11 is 0. The van der Waals surface area contributed by atoms with Gasteiger partial charge < -0.3 is 9.64 Å². The third kappa shape index (κ3) is 4.05. The van der Waals surface area contributed by atoms with Gasteiger partial charge in [-0.15, -0.1) is 0 Å². The molecule has 0 radical (unpaired) electrons. The van der Waals surface area contributed by atoms with Crippen LogP contribution in [0.25, 0.3) is 0 Å². The number of carbonyl (C=O) groups is 1. The van der Waals surface area contributed by atoms with Gasteiger partial charge in [-0.05, 0) is 55.8 Å². The van der Waals surface area contributed by atoms with Crippen molar-refractivity contribution in [3.63, 3.8) is 0 Å². The molecule has 1 saturated carbocycles. The van der Waals surface area contributed by atoms with Crippen molar-refractivity contribution in [3.8, 4) is 5.75 Å². The van der Waals surface area contributed by atoms with Crippen LogP contribution in [0.5, 0.6) is 5.75 Å². The monoisotopic (exact) mass is 374 g/mol. The largest absolute Gasteiger partial charge is 0.497 e. The molecule has 6 nitrogen and oxygen atoms in total. The Hall–Kier alpha value is -2.38. The van der Waals surface area contributed by atoms with Crippen LogP contribution in [0.1, 0.15) is 28.8 Å². The topological polar surface area (TPSA) is 75.7 Å². The Balaban J connectivity index is 1.84. The van der Waals surface area contributed by atoms with Crippen LogP contribution < -0.4 is 9.46 Å². The fourth-order valence-electron chi connectivity index (χ4n) is 2.76. The Kier molecular flexibility index (Phi) is 5.29. The number of hydrogen-bond donors (Lipinski definition) is 1. The molecule has 0 aliphatic heterocycles. The second-order valence-electron chi connectivity index (χ2n) is 6.25. The van der Waals surface area contributed by atoms with E-state index in [0.29, 0.717) is 12.1 Å². The second-order valence-corrected chi connectivity index (χ2v) is 8.13. The number of nitrogens with one attached hydrogen (secondary N) is 1. The maximum atomic E-state index is 13.0. The molecule has 26 heavy (non-hydrogen) atoms. The molecule has 1 aliphatic rings. The first-order valence-electron chi connectivity index (χ1n) is 8.42. The highest BCUT2D eigenvalue weighted by atomic mass is 32.2. The minimum atomic E-state index is -3.59. The van der Waals surface area contributed by atoms with Gasteiger partial charge >= 0.3 is 0 Å². The minimum Gasteiger partial charge on any atom is -0.497 e. The zero-order valence-corrected chi connectivity index (χ0v) is 15.6. The summed E-state index contributed by atoms with van der Waals surface area (Å²) in [5.41, 5.74) is 1.38. The van der Waals surface area contributed by atoms with E-state index in [1.54, 1.807) is 19.2 Å². The van der Waals surface area contributed by atoms with Gasteiger partial charge in [-0.25, -0.2) is 13.1 Å². The summed E-state index contributed by atoms with van der Waals surface area (Å²) in [6.45, 7) is 0.483. The molecule has 1 amide bonds. The van der Waals surface area contributed by atoms with E-state index in [0.717, 1.165) is 24.2 Å². The SMILES string of the molecule is CNS(=O)(=O)c1cccc(C(=O)N(Cc2ccc(OC)cc2)C2CC2)c1. The molecule has 0 aromatic heterocycles. The predicted octanol–water partition coefficient (Wildman–Crippen LogP) is 2.41. The lowest BCUT2D eigenvalue weighted by molar-refractivity contribution is 0.0729. The van der Waals surface area contributed by atoms with Gasteiger partial charge in [0.1, 0.15) is 5.75 Å². The third-order valence-corrected chi connectivity index (χ3v) is 5.83. The highest BCUT2D eigenvalue weighted by molar-refractivity contribution is 7.89. The van der Waals surface area contributed by atoms with Crippen LogP contribution in [0.3, 0.4) is 0 Å². The first kappa shape index (κ1) is 18.4. The van der Waals surface area contributed by atoms with E-state index < -0.39 is 10.0 Å². The van der Waals surface area contributed by atoms with Crippen LogP contribution in [-0.2, 0) is 16.6 Å². The molecule has 0 atom stereocenters. The molecule has 0 spiro atoms. The van der Waals surface area contributed by atoms with Gasteiger partial charge in [0, 0.05) is 18.2 Å². The molecule has 2 aromatic carbocycles. The van der Waals surface area contributed by atoms with Gasteiger partial charge in [0.25, 0.3) is 5.91 Å². The van der Waals surface area contributed by atoms with Crippen molar-refractivity contribution in [2.75, 3.05) is 14.2 Å². The summed E-state index contributed by atoms with van der Waals surface area (Å²) in [7, 11) is -0.622. The van der Waals surface area contributed by atoms with E-state index in [-0.39, 0.29) is 16.8 Å². The number of ether oxygens (including phenoxy) is 1. The van der Waals surface area contributed by atoms with E-state index in [4.69, 9.17) is 4.74 Å². The van der Waals surface area contributed by atoms with Crippen molar-refractivity contribution in [1.29, 1.82) is 0 Å². The highest BCUT2D eigenvalue weighted by Gasteiger charge is 2.33. The number of nitrogens with zero attached hydrogens (tertiary/aromatic N) is 1. The van der Waals surface area contributed by atoms with Gasteiger partial charge in [-0.3, -0.25) is 4.79 Å². The zero-order chi connectivity index (χ0) is 18.7. The number of methoxy groups -OCH3 is 1. The molecule has 7 heteroatoms. The smallest absolute Gasteiger partial charge is 0.254 e. The van der Waals surface area contributed by atoms with Crippen LogP contribution in [0.2, 0.25) is 0 Å². The van der Waals surface area contributed by atoms with Gasteiger partial charge in [0.2, 0.25) is 10.0 Å². The summed E-state index contributed by atoms with van der Waals surface area (Å²) in [6, 6.07) is 14.0. The molecule has 1 N–H and O–H groups in total. The summed E-state index contributed by atoms with van der Waals surface area (Å²) in [4.78, 5) is 14.9. The second kappa shape index (κ2) is 7.47. The molecule has 3 rings (SSSR count). The van der Waals surface area contributed by atoms with Crippen molar-refractivity contribution >= 4 is 15.9 Å². The molecule has 1 aliphatic carbocycles. The summed E-state index contributed by atoms with van der Waals surface area (Å²) in [5.74, 6) is 0.611. The standard InChI is InChI=1S/C19H22N2O4S/c1-20-26(23,24)18-5-3-4-15(12-18)19(22)21(16-8-9-16)13-14-6-10-17(25-2)11-7-14/h3-7,10-12,16,20H,8-9,13H2,1-2H3. The first-order chi connectivity index (χ1) is 12.4. The van der Waals surface area contributed by atoms with Crippen LogP contribution in [0, 0.1) is 0 Å². The third-order valence-electron chi connectivity index (χ3n) is 4.42. The van der Waals surface area contributed by atoms with Crippen molar-refractivity contribution in [2.45, 2.75) is 30.3 Å². The number of carbonyl (C=O) groups excluding carboxylic acids is 1. The normalized spacial score (nSPS) is 14.1. The molecule has 1 fully saturated rings. The molecular weight excluding hydrogens is 352 g/mol. The molecule has 0 heterocycles. The fourth-order valence-corrected chi connectivity index (χ4v) is 3.54. The summed E-state index contributed by atoms with van der Waals surface area (Å²) in [6.07, 6.45) is 1.94. The Bertz CT molecular complexity index is 890. The quantitative estimate of drug-likeness (QED) is 0.807. The van der Waals surface area contributed by atoms with Crippen molar-refractivity contribution in [2.24, 2.45) is 0 Å².